The van der Waals surface area contributed by atoms with Crippen LogP contribution in [0.1, 0.15) is 30.0 Å². The van der Waals surface area contributed by atoms with Gasteiger partial charge in [0.2, 0.25) is 11.8 Å². The van der Waals surface area contributed by atoms with Crippen molar-refractivity contribution in [2.75, 3.05) is 13.1 Å². The molecule has 2 N–H and O–H groups in total. The maximum atomic E-state index is 13.5. The molecule has 1 saturated heterocycles. The summed E-state index contributed by atoms with van der Waals surface area (Å²) in [5.41, 5.74) is 1.54. The summed E-state index contributed by atoms with van der Waals surface area (Å²) >= 11 is 0. The molecule has 0 bridgehead atoms. The first-order valence-electron chi connectivity index (χ1n) is 7.95. The normalized spacial score (nSPS) is 17.6. The van der Waals surface area contributed by atoms with Gasteiger partial charge >= 0.3 is 0 Å². The van der Waals surface area contributed by atoms with E-state index in [4.69, 9.17) is 0 Å². The van der Waals surface area contributed by atoms with Crippen LogP contribution in [-0.4, -0.2) is 40.0 Å². The third-order valence-corrected chi connectivity index (χ3v) is 4.11. The van der Waals surface area contributed by atoms with Crippen LogP contribution in [0.25, 0.3) is 0 Å². The Kier molecular flexibility index (Phi) is 4.88. The van der Waals surface area contributed by atoms with E-state index in [2.05, 4.69) is 15.5 Å². The molecule has 2 aromatic rings. The van der Waals surface area contributed by atoms with E-state index < -0.39 is 11.9 Å². The minimum atomic E-state index is -0.768. The molecule has 0 aliphatic carbocycles. The Hall–Kier alpha value is -2.70. The first-order valence-corrected chi connectivity index (χ1v) is 7.95. The van der Waals surface area contributed by atoms with Crippen LogP contribution in [0.3, 0.4) is 0 Å². The van der Waals surface area contributed by atoms with E-state index in [9.17, 15) is 14.0 Å². The molecule has 1 aliphatic rings. The zero-order chi connectivity index (χ0) is 16.9. The Morgan fingerprint density at radius 1 is 1.42 bits per heavy atom. The first kappa shape index (κ1) is 16.2. The van der Waals surface area contributed by atoms with Gasteiger partial charge in [0.15, 0.2) is 0 Å². The lowest BCUT2D eigenvalue weighted by Gasteiger charge is -2.35. The van der Waals surface area contributed by atoms with Crippen molar-refractivity contribution in [3.63, 3.8) is 0 Å². The summed E-state index contributed by atoms with van der Waals surface area (Å²) in [6, 6.07) is 5.08. The SMILES string of the molecule is O=C1NCCN(C(=O)CCCc2cn[nH]c2)[C@H]1c1cccc(F)c1. The van der Waals surface area contributed by atoms with Gasteiger partial charge in [0.1, 0.15) is 11.9 Å². The van der Waals surface area contributed by atoms with Crippen molar-refractivity contribution in [2.24, 2.45) is 0 Å². The topological polar surface area (TPSA) is 78.1 Å². The zero-order valence-electron chi connectivity index (χ0n) is 13.2. The standard InChI is InChI=1S/C17H19FN4O2/c18-14-5-2-4-13(9-14)16-17(24)19-7-8-22(16)15(23)6-1-3-12-10-20-21-11-12/h2,4-5,9-11,16H,1,3,6-8H2,(H,19,24)(H,20,21)/t16-/m0/s1. The number of nitrogens with one attached hydrogen (secondary N) is 2. The number of hydrogen-bond donors (Lipinski definition) is 2. The molecule has 2 heterocycles. The molecule has 0 unspecified atom stereocenters. The van der Waals surface area contributed by atoms with Gasteiger partial charge in [0.25, 0.3) is 0 Å². The van der Waals surface area contributed by atoms with E-state index in [0.29, 0.717) is 31.5 Å². The van der Waals surface area contributed by atoms with Crippen molar-refractivity contribution < 1.29 is 14.0 Å². The molecule has 3 rings (SSSR count). The zero-order valence-corrected chi connectivity index (χ0v) is 13.2. The van der Waals surface area contributed by atoms with Crippen molar-refractivity contribution in [1.82, 2.24) is 20.4 Å². The predicted octanol–water partition coefficient (Wildman–Crippen LogP) is 1.57. The van der Waals surface area contributed by atoms with Gasteiger partial charge in [-0.3, -0.25) is 14.7 Å². The number of H-pyrrole nitrogens is 1. The van der Waals surface area contributed by atoms with Crippen LogP contribution in [-0.2, 0) is 16.0 Å². The number of carbonyl (C=O) groups excluding carboxylic acids is 2. The number of halogens is 1. The highest BCUT2D eigenvalue weighted by molar-refractivity contribution is 5.89. The minimum Gasteiger partial charge on any atom is -0.352 e. The second kappa shape index (κ2) is 7.25. The molecule has 1 aromatic heterocycles. The molecular weight excluding hydrogens is 311 g/mol. The Labute approximate surface area is 139 Å². The number of amides is 2. The van der Waals surface area contributed by atoms with E-state index in [1.165, 1.54) is 12.1 Å². The summed E-state index contributed by atoms with van der Waals surface area (Å²) in [5, 5.41) is 9.35. The fourth-order valence-corrected chi connectivity index (χ4v) is 2.95. The monoisotopic (exact) mass is 330 g/mol. The molecule has 0 saturated carbocycles. The van der Waals surface area contributed by atoms with Gasteiger partial charge < -0.3 is 10.2 Å². The number of nitrogens with zero attached hydrogens (tertiary/aromatic N) is 2. The number of carbonyl (C=O) groups is 2. The van der Waals surface area contributed by atoms with Crippen molar-refractivity contribution in [2.45, 2.75) is 25.3 Å². The lowest BCUT2D eigenvalue weighted by molar-refractivity contribution is -0.143. The summed E-state index contributed by atoms with van der Waals surface area (Å²) in [6.07, 6.45) is 5.28. The second-order valence-corrected chi connectivity index (χ2v) is 5.80. The summed E-state index contributed by atoms with van der Waals surface area (Å²) in [7, 11) is 0. The average molecular weight is 330 g/mol. The molecule has 24 heavy (non-hydrogen) atoms. The number of aromatic nitrogens is 2. The maximum absolute atomic E-state index is 13.5. The molecule has 7 heteroatoms. The lowest BCUT2D eigenvalue weighted by atomic mass is 10.0. The Balaban J connectivity index is 1.69. The molecule has 1 atom stereocenters. The highest BCUT2D eigenvalue weighted by atomic mass is 19.1. The number of hydrogen-bond acceptors (Lipinski definition) is 3. The molecule has 0 spiro atoms. The van der Waals surface area contributed by atoms with Gasteiger partial charge in [-0.1, -0.05) is 12.1 Å². The fraction of sp³-hybridized carbons (Fsp3) is 0.353. The highest BCUT2D eigenvalue weighted by Crippen LogP contribution is 2.25. The van der Waals surface area contributed by atoms with Gasteiger partial charge in [0, 0.05) is 25.7 Å². The van der Waals surface area contributed by atoms with E-state index >= 15 is 0 Å². The van der Waals surface area contributed by atoms with Crippen molar-refractivity contribution in [1.29, 1.82) is 0 Å². The molecule has 1 fully saturated rings. The highest BCUT2D eigenvalue weighted by Gasteiger charge is 2.34. The first-order chi connectivity index (χ1) is 11.6. The maximum Gasteiger partial charge on any atom is 0.247 e. The molecule has 1 aromatic carbocycles. The van der Waals surface area contributed by atoms with E-state index in [-0.39, 0.29) is 11.8 Å². The third kappa shape index (κ3) is 3.61. The second-order valence-electron chi connectivity index (χ2n) is 5.80. The van der Waals surface area contributed by atoms with Crippen LogP contribution in [0.4, 0.5) is 4.39 Å². The van der Waals surface area contributed by atoms with Crippen LogP contribution >= 0.6 is 0 Å². The van der Waals surface area contributed by atoms with Gasteiger partial charge in [-0.25, -0.2) is 4.39 Å². The van der Waals surface area contributed by atoms with E-state index in [0.717, 1.165) is 12.0 Å². The summed E-state index contributed by atoms with van der Waals surface area (Å²) in [6.45, 7) is 0.843. The summed E-state index contributed by atoms with van der Waals surface area (Å²) < 4.78 is 13.5. The van der Waals surface area contributed by atoms with Crippen LogP contribution < -0.4 is 5.32 Å². The average Bonchev–Trinajstić information content (AvgIpc) is 3.08. The quantitative estimate of drug-likeness (QED) is 0.873. The Morgan fingerprint density at radius 2 is 2.29 bits per heavy atom. The van der Waals surface area contributed by atoms with Gasteiger partial charge in [0.05, 0.1) is 6.20 Å². The van der Waals surface area contributed by atoms with Gasteiger partial charge in [-0.2, -0.15) is 5.10 Å². The summed E-state index contributed by atoms with van der Waals surface area (Å²) in [5.74, 6) is -0.782. The summed E-state index contributed by atoms with van der Waals surface area (Å²) in [4.78, 5) is 26.4. The van der Waals surface area contributed by atoms with Crippen LogP contribution in [0.15, 0.2) is 36.7 Å². The van der Waals surface area contributed by atoms with Crippen molar-refractivity contribution in [3.8, 4) is 0 Å². The van der Waals surface area contributed by atoms with Crippen molar-refractivity contribution in [3.05, 3.63) is 53.6 Å². The van der Waals surface area contributed by atoms with Crippen LogP contribution in [0.5, 0.6) is 0 Å². The van der Waals surface area contributed by atoms with E-state index in [1.807, 2.05) is 0 Å². The van der Waals surface area contributed by atoms with Crippen molar-refractivity contribution >= 4 is 11.8 Å². The molecule has 0 radical (unpaired) electrons. The van der Waals surface area contributed by atoms with E-state index in [1.54, 1.807) is 29.4 Å². The van der Waals surface area contributed by atoms with Gasteiger partial charge in [-0.15, -0.1) is 0 Å². The number of benzene rings is 1. The number of rotatable bonds is 5. The van der Waals surface area contributed by atoms with Crippen LogP contribution in [0.2, 0.25) is 0 Å². The molecule has 1 aliphatic heterocycles. The minimum absolute atomic E-state index is 0.0948. The van der Waals surface area contributed by atoms with Gasteiger partial charge in [-0.05, 0) is 36.1 Å². The number of aryl methyl sites for hydroxylation is 1. The largest absolute Gasteiger partial charge is 0.352 e. The number of aromatic amines is 1. The third-order valence-electron chi connectivity index (χ3n) is 4.11. The number of piperazine rings is 1. The molecule has 126 valence electrons. The van der Waals surface area contributed by atoms with Crippen LogP contribution in [0, 0.1) is 5.82 Å². The fourth-order valence-electron chi connectivity index (χ4n) is 2.95. The predicted molar refractivity (Wildman–Crippen MR) is 85.4 cm³/mol. The Morgan fingerprint density at radius 3 is 3.04 bits per heavy atom. The molecule has 6 nitrogen and oxygen atoms in total. The smallest absolute Gasteiger partial charge is 0.247 e. The molecular formula is C17H19FN4O2. The Bertz CT molecular complexity index is 717. The molecule has 2 amide bonds. The lowest BCUT2D eigenvalue weighted by Crippen LogP contribution is -2.52.